The van der Waals surface area contributed by atoms with Gasteiger partial charge in [-0.3, -0.25) is 9.59 Å². The number of unbranched alkanes of at least 4 members (excludes halogenated alkanes) is 20. The van der Waals surface area contributed by atoms with Gasteiger partial charge >= 0.3 is 17.9 Å². The van der Waals surface area contributed by atoms with E-state index in [9.17, 15) is 19.5 Å². The number of rotatable bonds is 47. The number of likely N-dealkylation sites (N-methyl/N-ethyl adjacent to an activating group) is 1. The molecule has 0 aromatic rings. The van der Waals surface area contributed by atoms with Gasteiger partial charge in [0.25, 0.3) is 6.29 Å². The van der Waals surface area contributed by atoms with E-state index in [1.165, 1.54) is 77.0 Å². The van der Waals surface area contributed by atoms with Crippen molar-refractivity contribution in [2.45, 2.75) is 219 Å². The highest BCUT2D eigenvalue weighted by Crippen LogP contribution is 2.14. The van der Waals surface area contributed by atoms with Crippen LogP contribution in [0.25, 0.3) is 0 Å². The topological polar surface area (TPSA) is 108 Å². The largest absolute Gasteiger partial charge is 0.477 e. The summed E-state index contributed by atoms with van der Waals surface area (Å²) in [5.74, 6) is -2.03. The Bertz CT molecular complexity index is 1290. The number of nitrogens with zero attached hydrogens (tertiary/aromatic N) is 1. The third-order valence-electron chi connectivity index (χ3n) is 10.9. The molecular weight excluding hydrogens is 815 g/mol. The third kappa shape index (κ3) is 48.5. The highest BCUT2D eigenvalue weighted by atomic mass is 16.7. The molecule has 0 aliphatic heterocycles. The summed E-state index contributed by atoms with van der Waals surface area (Å²) in [6.07, 6.45) is 56.8. The van der Waals surface area contributed by atoms with Crippen LogP contribution in [0.5, 0.6) is 0 Å². The molecule has 0 aliphatic rings. The zero-order valence-corrected chi connectivity index (χ0v) is 42.4. The number of quaternary nitrogens is 1. The number of allylic oxidation sites excluding steroid dienone is 12. The Balaban J connectivity index is 4.33. The molecule has 0 bridgehead atoms. The van der Waals surface area contributed by atoms with Gasteiger partial charge in [-0.15, -0.1) is 0 Å². The van der Waals surface area contributed by atoms with E-state index in [0.29, 0.717) is 17.4 Å². The molecule has 9 nitrogen and oxygen atoms in total. The SMILES string of the molecule is CC/C=C\C/C=C\C/C=C\C/C=C\C/C=C\CCCCCCCCCCCC(=O)OC(COC(=O)CCCCCCC/C=C\CCCCCCCC)COC(OCC[N+](C)(C)C)C(=O)O. The minimum atomic E-state index is -1.52. The monoisotopic (exact) mass is 913 g/mol. The van der Waals surface area contributed by atoms with Gasteiger partial charge in [-0.2, -0.15) is 0 Å². The summed E-state index contributed by atoms with van der Waals surface area (Å²) < 4.78 is 22.8. The lowest BCUT2D eigenvalue weighted by molar-refractivity contribution is -0.870. The summed E-state index contributed by atoms with van der Waals surface area (Å²) in [5.41, 5.74) is 0. The molecule has 0 radical (unpaired) electrons. The van der Waals surface area contributed by atoms with Gasteiger partial charge in [-0.25, -0.2) is 4.79 Å². The molecule has 2 atom stereocenters. The Morgan fingerprint density at radius 3 is 1.32 bits per heavy atom. The van der Waals surface area contributed by atoms with E-state index in [1.807, 2.05) is 21.1 Å². The van der Waals surface area contributed by atoms with Crippen molar-refractivity contribution in [2.24, 2.45) is 0 Å². The van der Waals surface area contributed by atoms with Crippen LogP contribution in [0.3, 0.4) is 0 Å². The average Bonchev–Trinajstić information content (AvgIpc) is 3.27. The second-order valence-corrected chi connectivity index (χ2v) is 18.4. The van der Waals surface area contributed by atoms with E-state index in [4.69, 9.17) is 18.9 Å². The first-order valence-electron chi connectivity index (χ1n) is 26.1. The third-order valence-corrected chi connectivity index (χ3v) is 10.9. The minimum Gasteiger partial charge on any atom is -0.477 e. The van der Waals surface area contributed by atoms with Crippen molar-refractivity contribution in [1.29, 1.82) is 0 Å². The number of hydrogen-bond donors (Lipinski definition) is 1. The van der Waals surface area contributed by atoms with Crippen LogP contribution in [0, 0.1) is 0 Å². The second-order valence-electron chi connectivity index (χ2n) is 18.4. The predicted octanol–water partition coefficient (Wildman–Crippen LogP) is 14.7. The smallest absolute Gasteiger partial charge is 0.361 e. The van der Waals surface area contributed by atoms with E-state index < -0.39 is 24.3 Å². The predicted molar refractivity (Wildman–Crippen MR) is 272 cm³/mol. The van der Waals surface area contributed by atoms with Crippen molar-refractivity contribution in [3.63, 3.8) is 0 Å². The first kappa shape index (κ1) is 61.7. The quantitative estimate of drug-likeness (QED) is 0.0211. The molecule has 0 saturated heterocycles. The van der Waals surface area contributed by atoms with Gasteiger partial charge in [0, 0.05) is 12.8 Å². The van der Waals surface area contributed by atoms with Gasteiger partial charge in [0.2, 0.25) is 0 Å². The Morgan fingerprint density at radius 1 is 0.477 bits per heavy atom. The molecule has 0 amide bonds. The normalized spacial score (nSPS) is 13.4. The van der Waals surface area contributed by atoms with E-state index in [1.54, 1.807) is 0 Å². The highest BCUT2D eigenvalue weighted by molar-refractivity contribution is 5.71. The van der Waals surface area contributed by atoms with Gasteiger partial charge in [0.1, 0.15) is 13.2 Å². The van der Waals surface area contributed by atoms with Crippen molar-refractivity contribution in [3.8, 4) is 0 Å². The number of carboxylic acids is 1. The summed E-state index contributed by atoms with van der Waals surface area (Å²) in [7, 11) is 5.95. The molecule has 0 heterocycles. The number of aliphatic carboxylic acids is 1. The summed E-state index contributed by atoms with van der Waals surface area (Å²) in [5, 5.41) is 9.67. The molecule has 374 valence electrons. The van der Waals surface area contributed by atoms with E-state index in [0.717, 1.165) is 96.3 Å². The zero-order valence-electron chi connectivity index (χ0n) is 42.4. The second kappa shape index (κ2) is 47.2. The summed E-state index contributed by atoms with van der Waals surface area (Å²) in [6, 6.07) is 0. The van der Waals surface area contributed by atoms with Crippen molar-refractivity contribution in [3.05, 3.63) is 72.9 Å². The van der Waals surface area contributed by atoms with Crippen LogP contribution in [-0.4, -0.2) is 87.4 Å². The Labute approximate surface area is 398 Å². The van der Waals surface area contributed by atoms with Gasteiger partial charge in [-0.1, -0.05) is 183 Å². The molecule has 1 N–H and O–H groups in total. The number of carbonyl (C=O) groups excluding carboxylic acids is 2. The van der Waals surface area contributed by atoms with Crippen molar-refractivity contribution in [2.75, 3.05) is 47.5 Å². The van der Waals surface area contributed by atoms with Gasteiger partial charge in [-0.05, 0) is 83.5 Å². The minimum absolute atomic E-state index is 0.182. The Kier molecular flexibility index (Phi) is 44.9. The standard InChI is InChI=1S/C56H97NO8/c1-6-8-10-12-14-16-18-20-22-23-24-25-26-27-28-29-30-31-33-35-37-39-41-43-45-47-54(59)65-52(51-64-56(55(60)61)62-49-48-57(3,4)5)50-63-53(58)46-44-42-40-38-36-34-32-21-19-17-15-13-11-9-7-2/h8,10,14,16,20-22,24-25,27-28,32,52,56H,6-7,9,11-13,15,17-19,23,26,29-31,33-51H2,1-5H3/p+1/b10-8-,16-14-,22-20-,25-24-,28-27-,32-21-. The van der Waals surface area contributed by atoms with Crippen LogP contribution in [0.2, 0.25) is 0 Å². The van der Waals surface area contributed by atoms with Crippen LogP contribution in [0.4, 0.5) is 0 Å². The van der Waals surface area contributed by atoms with Crippen LogP contribution in [0.1, 0.15) is 206 Å². The maximum atomic E-state index is 12.8. The molecular formula is C56H98NO8+. The molecule has 65 heavy (non-hydrogen) atoms. The van der Waals surface area contributed by atoms with Gasteiger partial charge in [0.15, 0.2) is 6.10 Å². The number of carbonyl (C=O) groups is 3. The number of hydrogen-bond acceptors (Lipinski definition) is 7. The van der Waals surface area contributed by atoms with Crippen LogP contribution < -0.4 is 0 Å². The summed E-state index contributed by atoms with van der Waals surface area (Å²) >= 11 is 0. The highest BCUT2D eigenvalue weighted by Gasteiger charge is 2.25. The van der Waals surface area contributed by atoms with E-state index >= 15 is 0 Å². The molecule has 0 rings (SSSR count). The maximum Gasteiger partial charge on any atom is 0.361 e. The number of carboxylic acid groups (broad SMARTS) is 1. The fourth-order valence-electron chi connectivity index (χ4n) is 6.92. The van der Waals surface area contributed by atoms with Gasteiger partial charge < -0.3 is 28.5 Å². The van der Waals surface area contributed by atoms with Crippen LogP contribution >= 0.6 is 0 Å². The Hall–Kier alpha value is -3.27. The lowest BCUT2D eigenvalue weighted by Gasteiger charge is -2.25. The molecule has 0 saturated carbocycles. The van der Waals surface area contributed by atoms with E-state index in [2.05, 4.69) is 86.8 Å². The molecule has 0 aliphatic carbocycles. The maximum absolute atomic E-state index is 12.8. The molecule has 0 spiro atoms. The van der Waals surface area contributed by atoms with Crippen molar-refractivity contribution in [1.82, 2.24) is 0 Å². The molecule has 0 aromatic heterocycles. The fraction of sp³-hybridized carbons (Fsp3) is 0.732. The van der Waals surface area contributed by atoms with Crippen molar-refractivity contribution < 1.29 is 42.9 Å². The summed E-state index contributed by atoms with van der Waals surface area (Å²) in [4.78, 5) is 37.3. The summed E-state index contributed by atoms with van der Waals surface area (Å²) in [6.45, 7) is 4.73. The van der Waals surface area contributed by atoms with Gasteiger partial charge in [0.05, 0.1) is 34.4 Å². The number of ether oxygens (including phenoxy) is 4. The lowest BCUT2D eigenvalue weighted by atomic mass is 10.1. The molecule has 0 aromatic carbocycles. The fourth-order valence-corrected chi connectivity index (χ4v) is 6.92. The molecule has 0 fully saturated rings. The lowest BCUT2D eigenvalue weighted by Crippen LogP contribution is -2.40. The van der Waals surface area contributed by atoms with Crippen LogP contribution in [-0.2, 0) is 33.3 Å². The number of esters is 2. The Morgan fingerprint density at radius 2 is 0.877 bits per heavy atom. The van der Waals surface area contributed by atoms with Crippen molar-refractivity contribution >= 4 is 17.9 Å². The zero-order chi connectivity index (χ0) is 47.7. The first-order valence-corrected chi connectivity index (χ1v) is 26.1. The molecule has 9 heteroatoms. The average molecular weight is 913 g/mol. The van der Waals surface area contributed by atoms with E-state index in [-0.39, 0.29) is 38.6 Å². The molecule has 2 unspecified atom stereocenters. The van der Waals surface area contributed by atoms with Crippen LogP contribution in [0.15, 0.2) is 72.9 Å². The first-order chi connectivity index (χ1) is 31.6.